The van der Waals surface area contributed by atoms with Gasteiger partial charge in [0, 0.05) is 20.0 Å². The Labute approximate surface area is 81.3 Å². The van der Waals surface area contributed by atoms with Gasteiger partial charge in [-0.15, -0.1) is 0 Å². The maximum atomic E-state index is 11.7. The van der Waals surface area contributed by atoms with E-state index in [-0.39, 0.29) is 5.92 Å². The van der Waals surface area contributed by atoms with Crippen molar-refractivity contribution in [3.8, 4) is 0 Å². The van der Waals surface area contributed by atoms with Crippen LogP contribution in [0.4, 0.5) is 0 Å². The first-order valence-corrected chi connectivity index (χ1v) is 5.24. The zero-order valence-electron chi connectivity index (χ0n) is 8.75. The van der Waals surface area contributed by atoms with Crippen molar-refractivity contribution in [2.24, 2.45) is 5.92 Å². The van der Waals surface area contributed by atoms with Crippen LogP contribution in [0.3, 0.4) is 0 Å². The van der Waals surface area contributed by atoms with Crippen molar-refractivity contribution in [2.75, 3.05) is 14.1 Å². The lowest BCUT2D eigenvalue weighted by Crippen LogP contribution is -2.30. The molecule has 1 aliphatic rings. The Kier molecular flexibility index (Phi) is 4.26. The van der Waals surface area contributed by atoms with E-state index in [9.17, 15) is 4.79 Å². The van der Waals surface area contributed by atoms with Gasteiger partial charge in [-0.2, -0.15) is 0 Å². The summed E-state index contributed by atoms with van der Waals surface area (Å²) in [5, 5.41) is 0. The molecule has 13 heavy (non-hydrogen) atoms. The topological polar surface area (TPSA) is 20.3 Å². The van der Waals surface area contributed by atoms with Crippen LogP contribution < -0.4 is 0 Å². The molecule has 1 unspecified atom stereocenters. The molecule has 1 rings (SSSR count). The fourth-order valence-corrected chi connectivity index (χ4v) is 1.88. The van der Waals surface area contributed by atoms with Gasteiger partial charge in [0.05, 0.1) is 0 Å². The van der Waals surface area contributed by atoms with Gasteiger partial charge >= 0.3 is 0 Å². The molecular formula is C11H20NO. The van der Waals surface area contributed by atoms with Gasteiger partial charge < -0.3 is 4.90 Å². The highest BCUT2D eigenvalue weighted by atomic mass is 16.2. The van der Waals surface area contributed by atoms with Crippen LogP contribution in [0.25, 0.3) is 0 Å². The van der Waals surface area contributed by atoms with E-state index in [0.29, 0.717) is 5.91 Å². The highest BCUT2D eigenvalue weighted by Crippen LogP contribution is 2.22. The number of amides is 1. The van der Waals surface area contributed by atoms with Crippen molar-refractivity contribution in [3.63, 3.8) is 0 Å². The van der Waals surface area contributed by atoms with Crippen LogP contribution in [0.2, 0.25) is 0 Å². The summed E-state index contributed by atoms with van der Waals surface area (Å²) in [4.78, 5) is 13.4. The predicted octanol–water partition coefficient (Wildman–Crippen LogP) is 2.25. The molecule has 0 N–H and O–H groups in total. The molecule has 2 nitrogen and oxygen atoms in total. The Morgan fingerprint density at radius 3 is 2.77 bits per heavy atom. The van der Waals surface area contributed by atoms with Crippen molar-refractivity contribution in [1.29, 1.82) is 0 Å². The van der Waals surface area contributed by atoms with Crippen LogP contribution in [-0.2, 0) is 4.79 Å². The summed E-state index contributed by atoms with van der Waals surface area (Å²) >= 11 is 0. The average Bonchev–Trinajstić information content (AvgIpc) is 2.02. The Hall–Kier alpha value is -0.530. The normalized spacial score (nSPS) is 20.5. The molecule has 0 aliphatic heterocycles. The maximum absolute atomic E-state index is 11.7. The molecule has 0 aromatic rings. The van der Waals surface area contributed by atoms with Crippen molar-refractivity contribution in [2.45, 2.75) is 38.5 Å². The second-order valence-corrected chi connectivity index (χ2v) is 4.09. The fourth-order valence-electron chi connectivity index (χ4n) is 1.88. The van der Waals surface area contributed by atoms with E-state index in [1.54, 1.807) is 4.90 Å². The van der Waals surface area contributed by atoms with E-state index in [1.165, 1.54) is 25.7 Å². The monoisotopic (exact) mass is 182 g/mol. The average molecular weight is 182 g/mol. The highest BCUT2D eigenvalue weighted by Gasteiger charge is 2.20. The molecule has 0 saturated heterocycles. The second kappa shape index (κ2) is 5.25. The highest BCUT2D eigenvalue weighted by molar-refractivity contribution is 5.78. The van der Waals surface area contributed by atoms with Crippen LogP contribution in [0.1, 0.15) is 38.5 Å². The van der Waals surface area contributed by atoms with Gasteiger partial charge in [-0.05, 0) is 19.3 Å². The lowest BCUT2D eigenvalue weighted by Gasteiger charge is -2.21. The fraction of sp³-hybridized carbons (Fsp3) is 0.818. The zero-order valence-corrected chi connectivity index (χ0v) is 8.75. The second-order valence-electron chi connectivity index (χ2n) is 4.09. The molecule has 1 fully saturated rings. The van der Waals surface area contributed by atoms with E-state index < -0.39 is 0 Å². The predicted molar refractivity (Wildman–Crippen MR) is 54.2 cm³/mol. The molecule has 0 heterocycles. The summed E-state index contributed by atoms with van der Waals surface area (Å²) in [6.07, 6.45) is 9.35. The van der Waals surface area contributed by atoms with Crippen molar-refractivity contribution in [1.82, 2.24) is 4.90 Å². The summed E-state index contributed by atoms with van der Waals surface area (Å²) in [7, 11) is 3.70. The molecule has 0 aromatic carbocycles. The molecule has 0 aromatic heterocycles. The SMILES string of the molecule is CN(C)C(=O)C1C[CH]CCCCC1. The van der Waals surface area contributed by atoms with Gasteiger partial charge in [-0.25, -0.2) is 0 Å². The minimum absolute atomic E-state index is 0.260. The van der Waals surface area contributed by atoms with E-state index in [4.69, 9.17) is 0 Å². The summed E-state index contributed by atoms with van der Waals surface area (Å²) < 4.78 is 0. The van der Waals surface area contributed by atoms with Crippen LogP contribution in [0, 0.1) is 12.3 Å². The quantitative estimate of drug-likeness (QED) is 0.609. The molecule has 75 valence electrons. The number of hydrogen-bond acceptors (Lipinski definition) is 1. The third kappa shape index (κ3) is 3.37. The number of carbonyl (C=O) groups is 1. The maximum Gasteiger partial charge on any atom is 0.225 e. The smallest absolute Gasteiger partial charge is 0.225 e. The van der Waals surface area contributed by atoms with Gasteiger partial charge in [0.2, 0.25) is 5.91 Å². The molecule has 1 aliphatic carbocycles. The molecule has 0 bridgehead atoms. The first-order valence-electron chi connectivity index (χ1n) is 5.24. The van der Waals surface area contributed by atoms with E-state index >= 15 is 0 Å². The van der Waals surface area contributed by atoms with E-state index in [2.05, 4.69) is 6.42 Å². The lowest BCUT2D eigenvalue weighted by atomic mass is 9.90. The Balaban J connectivity index is 2.41. The van der Waals surface area contributed by atoms with Gasteiger partial charge in [-0.3, -0.25) is 4.79 Å². The number of carbonyl (C=O) groups excluding carboxylic acids is 1. The van der Waals surface area contributed by atoms with E-state index in [0.717, 1.165) is 12.8 Å². The first-order chi connectivity index (χ1) is 6.22. The molecule has 2 heteroatoms. The number of hydrogen-bond donors (Lipinski definition) is 0. The van der Waals surface area contributed by atoms with Crippen LogP contribution in [-0.4, -0.2) is 24.9 Å². The standard InChI is InChI=1S/C11H20NO/c1-12(2)11(13)10-8-6-4-3-5-7-9-10/h6,10H,3-5,7-9H2,1-2H3. The van der Waals surface area contributed by atoms with Crippen molar-refractivity contribution >= 4 is 5.91 Å². The molecule has 1 saturated carbocycles. The third-order valence-corrected chi connectivity index (χ3v) is 2.70. The van der Waals surface area contributed by atoms with Crippen LogP contribution in [0.5, 0.6) is 0 Å². The van der Waals surface area contributed by atoms with Crippen molar-refractivity contribution in [3.05, 3.63) is 6.42 Å². The third-order valence-electron chi connectivity index (χ3n) is 2.70. The molecular weight excluding hydrogens is 162 g/mol. The molecule has 0 spiro atoms. The minimum Gasteiger partial charge on any atom is -0.349 e. The van der Waals surface area contributed by atoms with Gasteiger partial charge in [0.25, 0.3) is 0 Å². The van der Waals surface area contributed by atoms with Crippen LogP contribution >= 0.6 is 0 Å². The van der Waals surface area contributed by atoms with Gasteiger partial charge in [-0.1, -0.05) is 25.7 Å². The lowest BCUT2D eigenvalue weighted by molar-refractivity contribution is -0.133. The Morgan fingerprint density at radius 2 is 2.08 bits per heavy atom. The molecule has 1 amide bonds. The summed E-state index contributed by atoms with van der Waals surface area (Å²) in [5.74, 6) is 0.563. The summed E-state index contributed by atoms with van der Waals surface area (Å²) in [6.45, 7) is 0. The van der Waals surface area contributed by atoms with Crippen molar-refractivity contribution < 1.29 is 4.79 Å². The summed E-state index contributed by atoms with van der Waals surface area (Å²) in [6, 6.07) is 0. The molecule has 1 radical (unpaired) electrons. The van der Waals surface area contributed by atoms with E-state index in [1.807, 2.05) is 14.1 Å². The summed E-state index contributed by atoms with van der Waals surface area (Å²) in [5.41, 5.74) is 0. The largest absolute Gasteiger partial charge is 0.349 e. The Morgan fingerprint density at radius 1 is 1.31 bits per heavy atom. The zero-order chi connectivity index (χ0) is 9.68. The number of rotatable bonds is 1. The number of nitrogens with zero attached hydrogens (tertiary/aromatic N) is 1. The minimum atomic E-state index is 0.260. The molecule has 1 atom stereocenters. The van der Waals surface area contributed by atoms with Crippen LogP contribution in [0.15, 0.2) is 0 Å². The Bertz CT molecular complexity index is 157. The van der Waals surface area contributed by atoms with Gasteiger partial charge in [0.1, 0.15) is 0 Å². The van der Waals surface area contributed by atoms with Gasteiger partial charge in [0.15, 0.2) is 0 Å². The first kappa shape index (κ1) is 10.6.